The highest BCUT2D eigenvalue weighted by Gasteiger charge is 2.22. The number of hydrogen-bond acceptors (Lipinski definition) is 6. The molecular weight excluding hydrogens is 392 g/mol. The maximum Gasteiger partial charge on any atom is 0.249 e. The van der Waals surface area contributed by atoms with Crippen LogP contribution in [0.2, 0.25) is 0 Å². The van der Waals surface area contributed by atoms with Crippen molar-refractivity contribution in [3.05, 3.63) is 54.2 Å². The Morgan fingerprint density at radius 2 is 1.97 bits per heavy atom. The number of nitrogens with zero attached hydrogens (tertiary/aromatic N) is 3. The van der Waals surface area contributed by atoms with Crippen LogP contribution in [0.5, 0.6) is 5.75 Å². The molecule has 1 N–H and O–H groups in total. The number of benzene rings is 1. The van der Waals surface area contributed by atoms with Gasteiger partial charge in [-0.25, -0.2) is 4.98 Å². The summed E-state index contributed by atoms with van der Waals surface area (Å²) in [6, 6.07) is 14.4. The highest BCUT2D eigenvalue weighted by Crippen LogP contribution is 2.17. The summed E-state index contributed by atoms with van der Waals surface area (Å²) in [5.41, 5.74) is 1.29. The van der Waals surface area contributed by atoms with Crippen LogP contribution in [0.4, 0.5) is 5.82 Å². The van der Waals surface area contributed by atoms with Gasteiger partial charge in [-0.1, -0.05) is 18.2 Å². The summed E-state index contributed by atoms with van der Waals surface area (Å²) < 4.78 is 11.2. The van der Waals surface area contributed by atoms with Gasteiger partial charge in [0.1, 0.15) is 17.7 Å². The van der Waals surface area contributed by atoms with E-state index in [1.807, 2.05) is 30.5 Å². The topological polar surface area (TPSA) is 66.9 Å². The first-order chi connectivity index (χ1) is 15.3. The second kappa shape index (κ2) is 11.1. The fourth-order valence-electron chi connectivity index (χ4n) is 4.00. The standard InChI is InChI=1S/C24H32N4O3/c29-24(22-5-3-17-31-22)26-12-4-18-30-21-9-7-20(8-10-21)19-27-13-15-28(16-14-27)23-6-1-2-11-25-23/h1-2,6-11,22H,3-5,12-19H2,(H,26,29)/t22-/m0/s1. The van der Waals surface area contributed by atoms with Gasteiger partial charge in [0.2, 0.25) is 5.91 Å². The number of aromatic nitrogens is 1. The van der Waals surface area contributed by atoms with Gasteiger partial charge in [0, 0.05) is 52.1 Å². The number of hydrogen-bond donors (Lipinski definition) is 1. The Balaban J connectivity index is 1.12. The summed E-state index contributed by atoms with van der Waals surface area (Å²) in [5.74, 6) is 1.94. The lowest BCUT2D eigenvalue weighted by Crippen LogP contribution is -2.46. The monoisotopic (exact) mass is 424 g/mol. The SMILES string of the molecule is O=C(NCCCOc1ccc(CN2CCN(c3ccccn3)CC2)cc1)[C@@H]1CCCO1. The highest BCUT2D eigenvalue weighted by molar-refractivity contribution is 5.80. The van der Waals surface area contributed by atoms with Crippen molar-refractivity contribution in [2.75, 3.05) is 50.8 Å². The number of ether oxygens (including phenoxy) is 2. The first kappa shape index (κ1) is 21.6. The number of rotatable bonds is 9. The van der Waals surface area contributed by atoms with Crippen LogP contribution in [-0.4, -0.2) is 67.8 Å². The molecule has 0 unspecified atom stereocenters. The predicted octanol–water partition coefficient (Wildman–Crippen LogP) is 2.47. The lowest BCUT2D eigenvalue weighted by Gasteiger charge is -2.35. The third kappa shape index (κ3) is 6.42. The van der Waals surface area contributed by atoms with E-state index in [2.05, 4.69) is 38.3 Å². The van der Waals surface area contributed by atoms with Crippen molar-refractivity contribution < 1.29 is 14.3 Å². The van der Waals surface area contributed by atoms with Crippen molar-refractivity contribution in [1.82, 2.24) is 15.2 Å². The van der Waals surface area contributed by atoms with Gasteiger partial charge in [0.15, 0.2) is 0 Å². The van der Waals surface area contributed by atoms with E-state index in [1.54, 1.807) is 0 Å². The largest absolute Gasteiger partial charge is 0.494 e. The minimum absolute atomic E-state index is 0.00252. The molecule has 0 bridgehead atoms. The molecule has 166 valence electrons. The first-order valence-electron chi connectivity index (χ1n) is 11.3. The van der Waals surface area contributed by atoms with Gasteiger partial charge in [0.25, 0.3) is 0 Å². The number of carbonyl (C=O) groups is 1. The van der Waals surface area contributed by atoms with Gasteiger partial charge in [-0.2, -0.15) is 0 Å². The number of pyridine rings is 1. The van der Waals surface area contributed by atoms with Crippen molar-refractivity contribution in [1.29, 1.82) is 0 Å². The molecule has 7 nitrogen and oxygen atoms in total. The Labute approximate surface area is 184 Å². The number of piperazine rings is 1. The van der Waals surface area contributed by atoms with Crippen molar-refractivity contribution in [3.8, 4) is 5.75 Å². The van der Waals surface area contributed by atoms with Crippen LogP contribution in [0.3, 0.4) is 0 Å². The molecule has 1 amide bonds. The fraction of sp³-hybridized carbons (Fsp3) is 0.500. The quantitative estimate of drug-likeness (QED) is 0.624. The van der Waals surface area contributed by atoms with Crippen molar-refractivity contribution in [2.24, 2.45) is 0 Å². The van der Waals surface area contributed by atoms with Gasteiger partial charge in [0.05, 0.1) is 6.61 Å². The molecule has 2 aromatic rings. The molecule has 1 aromatic carbocycles. The summed E-state index contributed by atoms with van der Waals surface area (Å²) >= 11 is 0. The zero-order valence-electron chi connectivity index (χ0n) is 18.0. The summed E-state index contributed by atoms with van der Waals surface area (Å²) in [5, 5.41) is 2.92. The maximum atomic E-state index is 11.9. The zero-order chi connectivity index (χ0) is 21.3. The smallest absolute Gasteiger partial charge is 0.249 e. The van der Waals surface area contributed by atoms with E-state index in [4.69, 9.17) is 9.47 Å². The molecular formula is C24H32N4O3. The number of anilines is 1. The van der Waals surface area contributed by atoms with Gasteiger partial charge in [-0.3, -0.25) is 9.69 Å². The van der Waals surface area contributed by atoms with Crippen LogP contribution in [-0.2, 0) is 16.1 Å². The lowest BCUT2D eigenvalue weighted by atomic mass is 10.2. The zero-order valence-corrected chi connectivity index (χ0v) is 18.0. The van der Waals surface area contributed by atoms with E-state index in [-0.39, 0.29) is 12.0 Å². The highest BCUT2D eigenvalue weighted by atomic mass is 16.5. The molecule has 31 heavy (non-hydrogen) atoms. The van der Waals surface area contributed by atoms with E-state index in [1.165, 1.54) is 5.56 Å². The van der Waals surface area contributed by atoms with E-state index < -0.39 is 0 Å². The fourth-order valence-corrected chi connectivity index (χ4v) is 4.00. The molecule has 2 aliphatic rings. The van der Waals surface area contributed by atoms with Crippen LogP contribution >= 0.6 is 0 Å². The van der Waals surface area contributed by atoms with Crippen LogP contribution in [0.1, 0.15) is 24.8 Å². The van der Waals surface area contributed by atoms with Crippen molar-refractivity contribution >= 4 is 11.7 Å². The molecule has 0 radical (unpaired) electrons. The number of amides is 1. The Kier molecular flexibility index (Phi) is 7.74. The minimum atomic E-state index is -0.258. The minimum Gasteiger partial charge on any atom is -0.494 e. The molecule has 1 aromatic heterocycles. The van der Waals surface area contributed by atoms with E-state index in [0.29, 0.717) is 19.8 Å². The second-order valence-electron chi connectivity index (χ2n) is 8.09. The average molecular weight is 425 g/mol. The van der Waals surface area contributed by atoms with E-state index in [9.17, 15) is 4.79 Å². The summed E-state index contributed by atoms with van der Waals surface area (Å²) in [4.78, 5) is 21.2. The Morgan fingerprint density at radius 3 is 2.68 bits per heavy atom. The Hall–Kier alpha value is -2.64. The third-order valence-corrected chi connectivity index (χ3v) is 5.79. The number of nitrogens with one attached hydrogen (secondary N) is 1. The summed E-state index contributed by atoms with van der Waals surface area (Å²) in [6.45, 7) is 6.91. The maximum absolute atomic E-state index is 11.9. The molecule has 2 aliphatic heterocycles. The van der Waals surface area contributed by atoms with Gasteiger partial charge in [-0.15, -0.1) is 0 Å². The van der Waals surface area contributed by atoms with Gasteiger partial charge in [-0.05, 0) is 49.1 Å². The van der Waals surface area contributed by atoms with Crippen LogP contribution < -0.4 is 15.0 Å². The second-order valence-corrected chi connectivity index (χ2v) is 8.09. The van der Waals surface area contributed by atoms with Crippen LogP contribution in [0.15, 0.2) is 48.7 Å². The predicted molar refractivity (Wildman–Crippen MR) is 120 cm³/mol. The third-order valence-electron chi connectivity index (χ3n) is 5.79. The summed E-state index contributed by atoms with van der Waals surface area (Å²) in [7, 11) is 0. The van der Waals surface area contributed by atoms with E-state index >= 15 is 0 Å². The Bertz CT molecular complexity index is 801. The number of carbonyl (C=O) groups excluding carboxylic acids is 1. The average Bonchev–Trinajstić information content (AvgIpc) is 3.36. The lowest BCUT2D eigenvalue weighted by molar-refractivity contribution is -0.130. The molecule has 0 saturated carbocycles. The van der Waals surface area contributed by atoms with E-state index in [0.717, 1.165) is 63.6 Å². The normalized spacial score (nSPS) is 19.4. The molecule has 0 aliphatic carbocycles. The van der Waals surface area contributed by atoms with Gasteiger partial charge < -0.3 is 19.7 Å². The molecule has 4 rings (SSSR count). The molecule has 1 atom stereocenters. The van der Waals surface area contributed by atoms with Crippen molar-refractivity contribution in [3.63, 3.8) is 0 Å². The molecule has 3 heterocycles. The van der Waals surface area contributed by atoms with Crippen LogP contribution in [0.25, 0.3) is 0 Å². The van der Waals surface area contributed by atoms with Crippen molar-refractivity contribution in [2.45, 2.75) is 31.9 Å². The summed E-state index contributed by atoms with van der Waals surface area (Å²) in [6.07, 6.45) is 4.17. The Morgan fingerprint density at radius 1 is 1.13 bits per heavy atom. The molecule has 7 heteroatoms. The molecule has 0 spiro atoms. The van der Waals surface area contributed by atoms with Crippen LogP contribution in [0, 0.1) is 0 Å². The molecule has 2 fully saturated rings. The first-order valence-corrected chi connectivity index (χ1v) is 11.3. The molecule has 2 saturated heterocycles. The van der Waals surface area contributed by atoms with Gasteiger partial charge >= 0.3 is 0 Å².